The first-order chi connectivity index (χ1) is 10.2. The first kappa shape index (κ1) is 18.3. The van der Waals surface area contributed by atoms with Crippen LogP contribution in [0.4, 0.5) is 13.2 Å². The summed E-state index contributed by atoms with van der Waals surface area (Å²) in [7, 11) is 0. The van der Waals surface area contributed by atoms with E-state index in [2.05, 4.69) is 5.32 Å². The summed E-state index contributed by atoms with van der Waals surface area (Å²) >= 11 is 0. The lowest BCUT2D eigenvalue weighted by atomic mass is 10.0. The van der Waals surface area contributed by atoms with E-state index in [9.17, 15) is 18.0 Å². The third-order valence-electron chi connectivity index (χ3n) is 2.94. The molecule has 0 saturated heterocycles. The highest BCUT2D eigenvalue weighted by Gasteiger charge is 2.30. The molecular weight excluding hydrogens is 297 g/mol. The van der Waals surface area contributed by atoms with Crippen molar-refractivity contribution in [2.24, 2.45) is 11.7 Å². The van der Waals surface area contributed by atoms with Crippen molar-refractivity contribution >= 4 is 5.91 Å². The third kappa shape index (κ3) is 6.34. The maximum atomic E-state index is 12.6. The fourth-order valence-electron chi connectivity index (χ4n) is 1.96. The van der Waals surface area contributed by atoms with Crippen LogP contribution >= 0.6 is 0 Å². The predicted molar refractivity (Wildman–Crippen MR) is 77.4 cm³/mol. The third-order valence-corrected chi connectivity index (χ3v) is 2.94. The number of benzene rings is 1. The minimum atomic E-state index is -4.44. The molecule has 0 heterocycles. The van der Waals surface area contributed by atoms with E-state index in [-0.39, 0.29) is 18.4 Å². The van der Waals surface area contributed by atoms with Crippen LogP contribution in [-0.2, 0) is 11.0 Å². The van der Waals surface area contributed by atoms with Gasteiger partial charge in [-0.15, -0.1) is 0 Å². The van der Waals surface area contributed by atoms with Gasteiger partial charge in [0, 0.05) is 12.6 Å². The van der Waals surface area contributed by atoms with E-state index in [0.717, 1.165) is 18.6 Å². The van der Waals surface area contributed by atoms with Gasteiger partial charge in [-0.2, -0.15) is 13.2 Å². The van der Waals surface area contributed by atoms with Crippen molar-refractivity contribution in [2.45, 2.75) is 32.5 Å². The van der Waals surface area contributed by atoms with Gasteiger partial charge in [0.05, 0.1) is 5.56 Å². The molecule has 22 heavy (non-hydrogen) atoms. The van der Waals surface area contributed by atoms with E-state index in [1.165, 1.54) is 12.1 Å². The molecule has 0 aliphatic heterocycles. The maximum Gasteiger partial charge on any atom is 0.416 e. The van der Waals surface area contributed by atoms with Crippen LogP contribution in [0.2, 0.25) is 0 Å². The first-order valence-electron chi connectivity index (χ1n) is 7.02. The Hall–Kier alpha value is -1.76. The van der Waals surface area contributed by atoms with Gasteiger partial charge in [-0.05, 0) is 30.5 Å². The predicted octanol–water partition coefficient (Wildman–Crippen LogP) is 2.57. The van der Waals surface area contributed by atoms with Crippen LogP contribution in [0.15, 0.2) is 24.3 Å². The Morgan fingerprint density at radius 1 is 1.36 bits per heavy atom. The van der Waals surface area contributed by atoms with Gasteiger partial charge in [0.2, 0.25) is 0 Å². The molecule has 7 heteroatoms. The highest BCUT2D eigenvalue weighted by atomic mass is 19.4. The van der Waals surface area contributed by atoms with Crippen molar-refractivity contribution in [3.05, 3.63) is 29.8 Å². The molecule has 0 bridgehead atoms. The molecule has 0 radical (unpaired) electrons. The molecule has 4 nitrogen and oxygen atoms in total. The highest BCUT2D eigenvalue weighted by Crippen LogP contribution is 2.31. The summed E-state index contributed by atoms with van der Waals surface area (Å²) in [5, 5.41) is 2.70. The number of ether oxygens (including phenoxy) is 1. The van der Waals surface area contributed by atoms with Gasteiger partial charge in [0.25, 0.3) is 5.91 Å². The number of carbonyl (C=O) groups is 1. The van der Waals surface area contributed by atoms with E-state index in [0.29, 0.717) is 12.5 Å². The lowest BCUT2D eigenvalue weighted by molar-refractivity contribution is -0.137. The molecule has 0 fully saturated rings. The number of carbonyl (C=O) groups excluding carboxylic acids is 1. The number of alkyl halides is 3. The van der Waals surface area contributed by atoms with Crippen molar-refractivity contribution in [1.29, 1.82) is 0 Å². The van der Waals surface area contributed by atoms with Crippen LogP contribution in [0, 0.1) is 5.92 Å². The van der Waals surface area contributed by atoms with Crippen LogP contribution in [0.3, 0.4) is 0 Å². The Labute approximate surface area is 127 Å². The number of hydrogen-bond donors (Lipinski definition) is 2. The zero-order chi connectivity index (χ0) is 16.8. The van der Waals surface area contributed by atoms with Crippen LogP contribution in [0.1, 0.15) is 25.8 Å². The monoisotopic (exact) mass is 318 g/mol. The molecule has 1 atom stereocenters. The van der Waals surface area contributed by atoms with E-state index >= 15 is 0 Å². The van der Waals surface area contributed by atoms with E-state index in [1.807, 2.05) is 13.8 Å². The molecule has 1 rings (SSSR count). The number of rotatable bonds is 7. The molecule has 0 aliphatic rings. The van der Waals surface area contributed by atoms with Crippen molar-refractivity contribution in [2.75, 3.05) is 13.2 Å². The van der Waals surface area contributed by atoms with Crippen LogP contribution in [-0.4, -0.2) is 25.1 Å². The summed E-state index contributed by atoms with van der Waals surface area (Å²) in [6, 6.07) is 4.24. The molecule has 0 aromatic heterocycles. The quantitative estimate of drug-likeness (QED) is 0.812. The Morgan fingerprint density at radius 2 is 2.05 bits per heavy atom. The first-order valence-corrected chi connectivity index (χ1v) is 7.02. The van der Waals surface area contributed by atoms with E-state index < -0.39 is 17.6 Å². The second-order valence-corrected chi connectivity index (χ2v) is 5.44. The van der Waals surface area contributed by atoms with E-state index in [1.54, 1.807) is 0 Å². The fourth-order valence-corrected chi connectivity index (χ4v) is 1.96. The van der Waals surface area contributed by atoms with Crippen LogP contribution in [0.5, 0.6) is 5.75 Å². The second kappa shape index (κ2) is 8.03. The summed E-state index contributed by atoms with van der Waals surface area (Å²) < 4.78 is 42.8. The number of hydrogen-bond acceptors (Lipinski definition) is 3. The smallest absolute Gasteiger partial charge is 0.416 e. The molecular formula is C15H21F3N2O2. The van der Waals surface area contributed by atoms with E-state index in [4.69, 9.17) is 10.5 Å². The van der Waals surface area contributed by atoms with Crippen LogP contribution < -0.4 is 15.8 Å². The summed E-state index contributed by atoms with van der Waals surface area (Å²) in [6.07, 6.45) is -3.71. The van der Waals surface area contributed by atoms with Crippen LogP contribution in [0.25, 0.3) is 0 Å². The van der Waals surface area contributed by atoms with Gasteiger partial charge in [-0.25, -0.2) is 0 Å². The number of amides is 1. The summed E-state index contributed by atoms with van der Waals surface area (Å²) in [6.45, 7) is 3.96. The fraction of sp³-hybridized carbons (Fsp3) is 0.533. The Bertz CT molecular complexity index is 490. The van der Waals surface area contributed by atoms with Crippen molar-refractivity contribution in [1.82, 2.24) is 5.32 Å². The molecule has 124 valence electrons. The van der Waals surface area contributed by atoms with Gasteiger partial charge in [-0.1, -0.05) is 19.9 Å². The minimum Gasteiger partial charge on any atom is -0.484 e. The maximum absolute atomic E-state index is 12.6. The number of halogens is 3. The highest BCUT2D eigenvalue weighted by molar-refractivity contribution is 5.77. The molecule has 1 aromatic rings. The minimum absolute atomic E-state index is 0.00173. The molecule has 3 N–H and O–H groups in total. The van der Waals surface area contributed by atoms with Crippen molar-refractivity contribution in [3.8, 4) is 5.75 Å². The van der Waals surface area contributed by atoms with Gasteiger partial charge < -0.3 is 15.8 Å². The van der Waals surface area contributed by atoms with Gasteiger partial charge in [-0.3, -0.25) is 4.79 Å². The Kier molecular flexibility index (Phi) is 6.67. The van der Waals surface area contributed by atoms with Gasteiger partial charge >= 0.3 is 6.18 Å². The van der Waals surface area contributed by atoms with Crippen molar-refractivity contribution in [3.63, 3.8) is 0 Å². The lowest BCUT2D eigenvalue weighted by Crippen LogP contribution is -2.43. The average Bonchev–Trinajstić information content (AvgIpc) is 2.43. The topological polar surface area (TPSA) is 64.3 Å². The molecule has 1 aromatic carbocycles. The van der Waals surface area contributed by atoms with Crippen molar-refractivity contribution < 1.29 is 22.7 Å². The number of nitrogens with one attached hydrogen (secondary N) is 1. The van der Waals surface area contributed by atoms with Gasteiger partial charge in [0.1, 0.15) is 5.75 Å². The normalized spacial score (nSPS) is 13.0. The Balaban J connectivity index is 2.54. The summed E-state index contributed by atoms with van der Waals surface area (Å²) in [4.78, 5) is 11.7. The molecule has 0 saturated carbocycles. The average molecular weight is 318 g/mol. The zero-order valence-corrected chi connectivity index (χ0v) is 12.6. The summed E-state index contributed by atoms with van der Waals surface area (Å²) in [5.41, 5.74) is 4.75. The zero-order valence-electron chi connectivity index (χ0n) is 12.6. The SMILES string of the molecule is CC(C)CC(CN)NC(=O)COc1cccc(C(F)(F)F)c1. The van der Waals surface area contributed by atoms with Gasteiger partial charge in [0.15, 0.2) is 6.61 Å². The number of nitrogens with two attached hydrogens (primary N) is 1. The molecule has 1 amide bonds. The standard InChI is InChI=1S/C15H21F3N2O2/c1-10(2)6-12(8-19)20-14(21)9-22-13-5-3-4-11(7-13)15(16,17)18/h3-5,7,10,12H,6,8-9,19H2,1-2H3,(H,20,21). The Morgan fingerprint density at radius 3 is 2.59 bits per heavy atom. The molecule has 1 unspecified atom stereocenters. The molecule has 0 spiro atoms. The lowest BCUT2D eigenvalue weighted by Gasteiger charge is -2.19. The largest absolute Gasteiger partial charge is 0.484 e. The molecule has 0 aliphatic carbocycles. The summed E-state index contributed by atoms with van der Waals surface area (Å²) in [5.74, 6) is -0.0371. The second-order valence-electron chi connectivity index (χ2n) is 5.44.